The predicted molar refractivity (Wildman–Crippen MR) is 84.6 cm³/mol. The van der Waals surface area contributed by atoms with Crippen molar-refractivity contribution in [1.29, 1.82) is 0 Å². The molecule has 0 atom stereocenters. The molecule has 0 amide bonds. The zero-order chi connectivity index (χ0) is 14.7. The fourth-order valence-corrected chi connectivity index (χ4v) is 3.15. The van der Waals surface area contributed by atoms with Crippen LogP contribution in [0.25, 0.3) is 38.8 Å². The summed E-state index contributed by atoms with van der Waals surface area (Å²) < 4.78 is 15.3. The van der Waals surface area contributed by atoms with Crippen LogP contribution in [-0.2, 0) is 0 Å². The summed E-state index contributed by atoms with van der Waals surface area (Å²) in [6.07, 6.45) is 1.78. The summed E-state index contributed by atoms with van der Waals surface area (Å²) in [5, 5.41) is 2.31. The van der Waals surface area contributed by atoms with E-state index in [4.69, 9.17) is 0 Å². The lowest BCUT2D eigenvalue weighted by molar-refractivity contribution is 0.628. The fourth-order valence-electron chi connectivity index (χ4n) is 3.15. The second-order valence-electron chi connectivity index (χ2n) is 5.33. The van der Waals surface area contributed by atoms with Crippen molar-refractivity contribution in [2.24, 2.45) is 0 Å². The molecule has 0 bridgehead atoms. The van der Waals surface area contributed by atoms with Crippen molar-refractivity contribution < 1.29 is 4.39 Å². The molecule has 104 valence electrons. The highest BCUT2D eigenvalue weighted by molar-refractivity contribution is 6.13. The van der Waals surface area contributed by atoms with Gasteiger partial charge in [0.1, 0.15) is 5.82 Å². The average Bonchev–Trinajstić information content (AvgIpc) is 3.10. The van der Waals surface area contributed by atoms with E-state index < -0.39 is 0 Å². The molecule has 5 rings (SSSR count). The van der Waals surface area contributed by atoms with Gasteiger partial charge >= 0.3 is 0 Å². The molecule has 3 heterocycles. The quantitative estimate of drug-likeness (QED) is 0.460. The van der Waals surface area contributed by atoms with Gasteiger partial charge in [-0.3, -0.25) is 4.40 Å². The van der Waals surface area contributed by atoms with E-state index in [9.17, 15) is 4.39 Å². The molecule has 0 N–H and O–H groups in total. The molecule has 0 unspecified atom stereocenters. The van der Waals surface area contributed by atoms with E-state index in [0.29, 0.717) is 5.78 Å². The summed E-state index contributed by atoms with van der Waals surface area (Å²) in [7, 11) is 0. The highest BCUT2D eigenvalue weighted by Crippen LogP contribution is 2.36. The third-order valence-corrected chi connectivity index (χ3v) is 4.10. The molecule has 0 saturated carbocycles. The van der Waals surface area contributed by atoms with Crippen molar-refractivity contribution in [1.82, 2.24) is 14.4 Å². The van der Waals surface area contributed by atoms with Gasteiger partial charge in [-0.25, -0.2) is 14.4 Å². The lowest BCUT2D eigenvalue weighted by Gasteiger charge is -1.97. The predicted octanol–water partition coefficient (Wildman–Crippen LogP) is 4.28. The molecular weight excluding hydrogens is 277 g/mol. The summed E-state index contributed by atoms with van der Waals surface area (Å²) >= 11 is 0. The van der Waals surface area contributed by atoms with E-state index in [1.165, 1.54) is 17.5 Å². The van der Waals surface area contributed by atoms with Gasteiger partial charge in [-0.05, 0) is 30.3 Å². The molecule has 0 fully saturated rings. The molecule has 3 nitrogen and oxygen atoms in total. The van der Waals surface area contributed by atoms with E-state index in [0.717, 1.165) is 27.7 Å². The largest absolute Gasteiger partial charge is 0.276 e. The Labute approximate surface area is 125 Å². The van der Waals surface area contributed by atoms with Crippen molar-refractivity contribution in [3.63, 3.8) is 0 Å². The van der Waals surface area contributed by atoms with E-state index in [2.05, 4.69) is 26.5 Å². The van der Waals surface area contributed by atoms with Crippen LogP contribution in [0.5, 0.6) is 0 Å². The zero-order valence-electron chi connectivity index (χ0n) is 11.5. The summed E-state index contributed by atoms with van der Waals surface area (Å²) in [6, 6.07) is 16.7. The molecule has 0 saturated heterocycles. The molecule has 0 spiro atoms. The SMILES string of the molecule is Fc1ccc(-c2nc3nccc4c5ccccc5c2n34)cc1. The Morgan fingerprint density at radius 3 is 2.45 bits per heavy atom. The maximum atomic E-state index is 13.2. The second-order valence-corrected chi connectivity index (χ2v) is 5.33. The van der Waals surface area contributed by atoms with Crippen molar-refractivity contribution in [2.45, 2.75) is 0 Å². The van der Waals surface area contributed by atoms with E-state index in [-0.39, 0.29) is 5.82 Å². The number of fused-ring (bicyclic) bond motifs is 3. The van der Waals surface area contributed by atoms with Crippen LogP contribution in [0.3, 0.4) is 0 Å². The Balaban J connectivity index is 2.01. The minimum atomic E-state index is -0.247. The normalized spacial score (nSPS) is 11.9. The summed E-state index contributed by atoms with van der Waals surface area (Å²) in [6.45, 7) is 0. The smallest absolute Gasteiger partial charge is 0.235 e. The van der Waals surface area contributed by atoms with Crippen molar-refractivity contribution in [3.05, 3.63) is 66.6 Å². The van der Waals surface area contributed by atoms with Crippen molar-refractivity contribution in [2.75, 3.05) is 0 Å². The number of hydrogen-bond donors (Lipinski definition) is 0. The van der Waals surface area contributed by atoms with Gasteiger partial charge in [-0.15, -0.1) is 0 Å². The minimum absolute atomic E-state index is 0.247. The highest BCUT2D eigenvalue weighted by atomic mass is 19.1. The van der Waals surface area contributed by atoms with Crippen molar-refractivity contribution >= 4 is 27.6 Å². The monoisotopic (exact) mass is 287 g/mol. The molecule has 0 radical (unpaired) electrons. The number of nitrogens with zero attached hydrogens (tertiary/aromatic N) is 3. The van der Waals surface area contributed by atoms with Gasteiger partial charge in [0.25, 0.3) is 0 Å². The van der Waals surface area contributed by atoms with Crippen LogP contribution >= 0.6 is 0 Å². The maximum absolute atomic E-state index is 13.2. The van der Waals surface area contributed by atoms with Crippen LogP contribution in [0.4, 0.5) is 4.39 Å². The molecule has 0 aliphatic rings. The molecular formula is C18H10FN3. The topological polar surface area (TPSA) is 30.2 Å². The highest BCUT2D eigenvalue weighted by Gasteiger charge is 2.18. The van der Waals surface area contributed by atoms with E-state index in [1.54, 1.807) is 18.3 Å². The molecule has 0 aliphatic carbocycles. The molecule has 22 heavy (non-hydrogen) atoms. The van der Waals surface area contributed by atoms with Gasteiger partial charge in [0.15, 0.2) is 0 Å². The van der Waals surface area contributed by atoms with Gasteiger partial charge in [-0.1, -0.05) is 24.3 Å². The average molecular weight is 287 g/mol. The van der Waals surface area contributed by atoms with Gasteiger partial charge < -0.3 is 0 Å². The third kappa shape index (κ3) is 1.39. The third-order valence-electron chi connectivity index (χ3n) is 4.10. The van der Waals surface area contributed by atoms with Crippen LogP contribution in [-0.4, -0.2) is 14.4 Å². The number of rotatable bonds is 1. The Hall–Kier alpha value is -3.01. The van der Waals surface area contributed by atoms with Crippen LogP contribution in [0.1, 0.15) is 0 Å². The van der Waals surface area contributed by atoms with Crippen LogP contribution in [0.15, 0.2) is 60.8 Å². The lowest BCUT2D eigenvalue weighted by Crippen LogP contribution is -1.85. The van der Waals surface area contributed by atoms with Gasteiger partial charge in [-0.2, -0.15) is 0 Å². The number of benzene rings is 2. The first-order valence-electron chi connectivity index (χ1n) is 7.06. The number of halogens is 1. The Morgan fingerprint density at radius 2 is 1.64 bits per heavy atom. The zero-order valence-corrected chi connectivity index (χ0v) is 11.5. The van der Waals surface area contributed by atoms with E-state index >= 15 is 0 Å². The molecule has 0 aliphatic heterocycles. The second kappa shape index (κ2) is 4.01. The summed E-state index contributed by atoms with van der Waals surface area (Å²) in [4.78, 5) is 9.02. The number of imidazole rings is 1. The number of aromatic nitrogens is 3. The standard InChI is InChI=1S/C18H10FN3/c19-12-7-5-11(6-8-12)16-17-14-4-2-1-3-13(14)15-9-10-20-18(21-16)22(15)17/h1-10H. The Kier molecular flexibility index (Phi) is 2.12. The minimum Gasteiger partial charge on any atom is -0.276 e. The first kappa shape index (κ1) is 11.6. The lowest BCUT2D eigenvalue weighted by atomic mass is 10.1. The fraction of sp³-hybridized carbons (Fsp3) is 0. The van der Waals surface area contributed by atoms with Gasteiger partial charge in [0, 0.05) is 22.5 Å². The van der Waals surface area contributed by atoms with Gasteiger partial charge in [0.2, 0.25) is 5.78 Å². The first-order valence-corrected chi connectivity index (χ1v) is 7.06. The first-order chi connectivity index (χ1) is 10.8. The molecule has 2 aromatic carbocycles. The van der Waals surface area contributed by atoms with Crippen molar-refractivity contribution in [3.8, 4) is 11.3 Å². The van der Waals surface area contributed by atoms with Crippen LogP contribution in [0.2, 0.25) is 0 Å². The Morgan fingerprint density at radius 1 is 0.864 bits per heavy atom. The van der Waals surface area contributed by atoms with Crippen LogP contribution < -0.4 is 0 Å². The summed E-state index contributed by atoms with van der Waals surface area (Å²) in [5.41, 5.74) is 3.85. The van der Waals surface area contributed by atoms with Crippen LogP contribution in [0, 0.1) is 5.82 Å². The van der Waals surface area contributed by atoms with Gasteiger partial charge in [0.05, 0.1) is 16.7 Å². The maximum Gasteiger partial charge on any atom is 0.235 e. The molecule has 4 heteroatoms. The Bertz CT molecular complexity index is 1130. The summed E-state index contributed by atoms with van der Waals surface area (Å²) in [5.74, 6) is 0.422. The molecule has 5 aromatic rings. The molecule has 3 aromatic heterocycles. The number of hydrogen-bond acceptors (Lipinski definition) is 2. The van der Waals surface area contributed by atoms with E-state index in [1.807, 2.05) is 18.2 Å².